The number of pyridine rings is 1. The van der Waals surface area contributed by atoms with Gasteiger partial charge in [-0.05, 0) is 61.9 Å². The van der Waals surface area contributed by atoms with Crippen LogP contribution in [0.1, 0.15) is 36.6 Å². The molecule has 1 aliphatic rings. The summed E-state index contributed by atoms with van der Waals surface area (Å²) in [6.45, 7) is 2.20. The summed E-state index contributed by atoms with van der Waals surface area (Å²) in [5.41, 5.74) is 3.46. The molecule has 1 atom stereocenters. The molecule has 0 bridgehead atoms. The highest BCUT2D eigenvalue weighted by atomic mass is 16.5. The minimum atomic E-state index is -0.521. The molecule has 1 aromatic carbocycles. The normalized spacial score (nSPS) is 14.7. The number of nitrogens with one attached hydrogen (secondary N) is 1. The smallest absolute Gasteiger partial charge is 0.261 e. The van der Waals surface area contributed by atoms with Crippen LogP contribution in [0.15, 0.2) is 42.6 Å². The molecule has 3 rings (SSSR count). The van der Waals surface area contributed by atoms with Gasteiger partial charge in [0, 0.05) is 6.20 Å². The molecule has 0 fully saturated rings. The van der Waals surface area contributed by atoms with E-state index >= 15 is 0 Å². The van der Waals surface area contributed by atoms with Crippen molar-refractivity contribution in [2.75, 3.05) is 0 Å². The van der Waals surface area contributed by atoms with Gasteiger partial charge in [-0.2, -0.15) is 0 Å². The van der Waals surface area contributed by atoms with Gasteiger partial charge in [-0.3, -0.25) is 9.78 Å². The van der Waals surface area contributed by atoms with Crippen molar-refractivity contribution < 1.29 is 9.53 Å². The van der Waals surface area contributed by atoms with Crippen molar-refractivity contribution in [3.63, 3.8) is 0 Å². The van der Waals surface area contributed by atoms with Crippen LogP contribution in [0.2, 0.25) is 0 Å². The van der Waals surface area contributed by atoms with Crippen LogP contribution in [0.25, 0.3) is 0 Å². The number of hydrogen-bond acceptors (Lipinski definition) is 3. The molecule has 1 heterocycles. The molecular formula is C19H22N2O2. The summed E-state index contributed by atoms with van der Waals surface area (Å²) in [5.74, 6) is 0.728. The molecular weight excluding hydrogens is 288 g/mol. The highest BCUT2D eigenvalue weighted by Crippen LogP contribution is 2.30. The molecule has 120 valence electrons. The van der Waals surface area contributed by atoms with Gasteiger partial charge in [0.1, 0.15) is 5.75 Å². The number of amides is 1. The Morgan fingerprint density at radius 2 is 2.09 bits per heavy atom. The molecule has 23 heavy (non-hydrogen) atoms. The fraction of sp³-hybridized carbons (Fsp3) is 0.368. The van der Waals surface area contributed by atoms with Crippen molar-refractivity contribution in [1.29, 1.82) is 0 Å². The molecule has 0 radical (unpaired) electrons. The van der Waals surface area contributed by atoms with Gasteiger partial charge in [-0.25, -0.2) is 0 Å². The van der Waals surface area contributed by atoms with Crippen LogP contribution in [0.5, 0.6) is 5.75 Å². The molecule has 4 nitrogen and oxygen atoms in total. The SMILES string of the molecule is C[C@H](Oc1cccc2c1CCCC2)C(=O)NCc1ccccn1. The predicted octanol–water partition coefficient (Wildman–Crippen LogP) is 3.04. The van der Waals surface area contributed by atoms with Crippen LogP contribution < -0.4 is 10.1 Å². The summed E-state index contributed by atoms with van der Waals surface area (Å²) in [4.78, 5) is 16.4. The Morgan fingerprint density at radius 1 is 1.22 bits per heavy atom. The summed E-state index contributed by atoms with van der Waals surface area (Å²) in [7, 11) is 0. The predicted molar refractivity (Wildman–Crippen MR) is 89.3 cm³/mol. The van der Waals surface area contributed by atoms with E-state index in [1.54, 1.807) is 13.1 Å². The Labute approximate surface area is 136 Å². The second-order valence-corrected chi connectivity index (χ2v) is 5.90. The lowest BCUT2D eigenvalue weighted by molar-refractivity contribution is -0.127. The third-order valence-electron chi connectivity index (χ3n) is 4.20. The van der Waals surface area contributed by atoms with E-state index in [1.807, 2.05) is 30.3 Å². The summed E-state index contributed by atoms with van der Waals surface area (Å²) >= 11 is 0. The van der Waals surface area contributed by atoms with Gasteiger partial charge in [-0.1, -0.05) is 18.2 Å². The van der Waals surface area contributed by atoms with Gasteiger partial charge in [-0.15, -0.1) is 0 Å². The fourth-order valence-electron chi connectivity index (χ4n) is 2.92. The van der Waals surface area contributed by atoms with Gasteiger partial charge < -0.3 is 10.1 Å². The van der Waals surface area contributed by atoms with Crippen LogP contribution in [-0.4, -0.2) is 17.0 Å². The molecule has 0 spiro atoms. The number of benzene rings is 1. The fourth-order valence-corrected chi connectivity index (χ4v) is 2.92. The second-order valence-electron chi connectivity index (χ2n) is 5.90. The monoisotopic (exact) mass is 310 g/mol. The quantitative estimate of drug-likeness (QED) is 0.923. The van der Waals surface area contributed by atoms with Crippen molar-refractivity contribution in [3.05, 3.63) is 59.4 Å². The molecule has 0 aliphatic heterocycles. The third kappa shape index (κ3) is 3.89. The molecule has 0 saturated heterocycles. The third-order valence-corrected chi connectivity index (χ3v) is 4.20. The van der Waals surface area contributed by atoms with Gasteiger partial charge >= 0.3 is 0 Å². The zero-order valence-electron chi connectivity index (χ0n) is 13.4. The highest BCUT2D eigenvalue weighted by Gasteiger charge is 2.19. The number of fused-ring (bicyclic) bond motifs is 1. The second kappa shape index (κ2) is 7.27. The van der Waals surface area contributed by atoms with E-state index in [-0.39, 0.29) is 5.91 Å². The minimum absolute atomic E-state index is 0.121. The number of aromatic nitrogens is 1. The zero-order chi connectivity index (χ0) is 16.1. The molecule has 2 aromatic rings. The lowest BCUT2D eigenvalue weighted by Gasteiger charge is -2.22. The maximum absolute atomic E-state index is 12.2. The highest BCUT2D eigenvalue weighted by molar-refractivity contribution is 5.80. The number of rotatable bonds is 5. The number of nitrogens with zero attached hydrogens (tertiary/aromatic N) is 1. The topological polar surface area (TPSA) is 51.2 Å². The van der Waals surface area contributed by atoms with Gasteiger partial charge in [0.15, 0.2) is 6.10 Å². The van der Waals surface area contributed by atoms with E-state index < -0.39 is 6.10 Å². The lowest BCUT2D eigenvalue weighted by Crippen LogP contribution is -2.36. The van der Waals surface area contributed by atoms with Crippen molar-refractivity contribution in [1.82, 2.24) is 10.3 Å². The van der Waals surface area contributed by atoms with E-state index in [1.165, 1.54) is 24.0 Å². The van der Waals surface area contributed by atoms with E-state index in [0.717, 1.165) is 24.3 Å². The zero-order valence-corrected chi connectivity index (χ0v) is 13.4. The largest absolute Gasteiger partial charge is 0.481 e. The van der Waals surface area contributed by atoms with Crippen LogP contribution in [-0.2, 0) is 24.2 Å². The van der Waals surface area contributed by atoms with E-state index in [0.29, 0.717) is 6.54 Å². The molecule has 1 N–H and O–H groups in total. The van der Waals surface area contributed by atoms with Crippen molar-refractivity contribution >= 4 is 5.91 Å². The Morgan fingerprint density at radius 3 is 2.91 bits per heavy atom. The van der Waals surface area contributed by atoms with Crippen molar-refractivity contribution in [2.24, 2.45) is 0 Å². The molecule has 1 aliphatic carbocycles. The Bertz CT molecular complexity index is 670. The standard InChI is InChI=1S/C19H22N2O2/c1-14(19(22)21-13-16-9-4-5-12-20-16)23-18-11-6-8-15-7-2-3-10-17(15)18/h4-6,8-9,11-12,14H,2-3,7,10,13H2,1H3,(H,21,22)/t14-/m0/s1. The van der Waals surface area contributed by atoms with E-state index in [4.69, 9.17) is 4.74 Å². The number of carbonyl (C=O) groups is 1. The van der Waals surface area contributed by atoms with Crippen LogP contribution in [0, 0.1) is 0 Å². The summed E-state index contributed by atoms with van der Waals surface area (Å²) in [6.07, 6.45) is 5.76. The summed E-state index contributed by atoms with van der Waals surface area (Å²) in [5, 5.41) is 2.87. The van der Waals surface area contributed by atoms with Crippen molar-refractivity contribution in [3.8, 4) is 5.75 Å². The maximum atomic E-state index is 12.2. The first-order chi connectivity index (χ1) is 11.2. The first-order valence-electron chi connectivity index (χ1n) is 8.19. The van der Waals surface area contributed by atoms with E-state index in [9.17, 15) is 4.79 Å². The van der Waals surface area contributed by atoms with Gasteiger partial charge in [0.25, 0.3) is 5.91 Å². The maximum Gasteiger partial charge on any atom is 0.261 e. The Balaban J connectivity index is 1.60. The average Bonchev–Trinajstić information content (AvgIpc) is 2.61. The molecule has 4 heteroatoms. The van der Waals surface area contributed by atoms with Crippen LogP contribution in [0.4, 0.5) is 0 Å². The molecule has 1 aromatic heterocycles. The summed E-state index contributed by atoms with van der Waals surface area (Å²) < 4.78 is 5.93. The Hall–Kier alpha value is -2.36. The van der Waals surface area contributed by atoms with Crippen molar-refractivity contribution in [2.45, 2.75) is 45.3 Å². The Kier molecular flexibility index (Phi) is 4.91. The lowest BCUT2D eigenvalue weighted by atomic mass is 9.91. The van der Waals surface area contributed by atoms with E-state index in [2.05, 4.69) is 16.4 Å². The van der Waals surface area contributed by atoms with Crippen LogP contribution >= 0.6 is 0 Å². The number of hydrogen-bond donors (Lipinski definition) is 1. The first-order valence-corrected chi connectivity index (χ1v) is 8.19. The molecule has 0 unspecified atom stereocenters. The van der Waals surface area contributed by atoms with Gasteiger partial charge in [0.2, 0.25) is 0 Å². The summed E-state index contributed by atoms with van der Waals surface area (Å²) in [6, 6.07) is 11.8. The molecule has 0 saturated carbocycles. The number of aryl methyl sites for hydroxylation is 1. The number of ether oxygens (including phenoxy) is 1. The van der Waals surface area contributed by atoms with Gasteiger partial charge in [0.05, 0.1) is 12.2 Å². The average molecular weight is 310 g/mol. The van der Waals surface area contributed by atoms with Crippen LogP contribution in [0.3, 0.4) is 0 Å². The minimum Gasteiger partial charge on any atom is -0.481 e. The first kappa shape index (κ1) is 15.5. The number of carbonyl (C=O) groups excluding carboxylic acids is 1. The molecule has 1 amide bonds.